The second kappa shape index (κ2) is 6.83. The molecule has 3 rings (SSSR count). The van der Waals surface area contributed by atoms with E-state index in [4.69, 9.17) is 25.8 Å². The van der Waals surface area contributed by atoms with E-state index in [1.54, 1.807) is 0 Å². The van der Waals surface area contributed by atoms with Gasteiger partial charge in [-0.15, -0.1) is 0 Å². The molecule has 0 spiro atoms. The van der Waals surface area contributed by atoms with Crippen molar-refractivity contribution in [3.63, 3.8) is 0 Å². The van der Waals surface area contributed by atoms with E-state index >= 15 is 0 Å². The van der Waals surface area contributed by atoms with Crippen LogP contribution in [0.25, 0.3) is 0 Å². The van der Waals surface area contributed by atoms with Gasteiger partial charge in [0.2, 0.25) is 0 Å². The number of fused-ring (bicyclic) bond motifs is 1. The Morgan fingerprint density at radius 2 is 2.10 bits per heavy atom. The molecule has 2 aliphatic rings. The molecule has 2 heterocycles. The molecule has 0 radical (unpaired) electrons. The van der Waals surface area contributed by atoms with Crippen molar-refractivity contribution in [1.82, 2.24) is 4.90 Å². The van der Waals surface area contributed by atoms with Crippen LogP contribution in [0.3, 0.4) is 0 Å². The van der Waals surface area contributed by atoms with Gasteiger partial charge in [0.15, 0.2) is 11.5 Å². The Labute approximate surface area is 129 Å². The minimum atomic E-state index is 0.0357. The molecule has 0 saturated carbocycles. The summed E-state index contributed by atoms with van der Waals surface area (Å²) in [6.07, 6.45) is 0.858. The predicted octanol–water partition coefficient (Wildman–Crippen LogP) is 1.69. The molecule has 21 heavy (non-hydrogen) atoms. The smallest absolute Gasteiger partial charge is 0.179 e. The molecule has 1 aromatic carbocycles. The van der Waals surface area contributed by atoms with Crippen molar-refractivity contribution in [2.24, 2.45) is 0 Å². The first-order chi connectivity index (χ1) is 10.3. The molecular weight excluding hydrogens is 294 g/mol. The first kappa shape index (κ1) is 14.9. The highest BCUT2D eigenvalue weighted by atomic mass is 35.5. The average molecular weight is 314 g/mol. The Balaban J connectivity index is 1.79. The number of halogens is 1. The van der Waals surface area contributed by atoms with E-state index in [1.807, 2.05) is 12.1 Å². The van der Waals surface area contributed by atoms with Gasteiger partial charge in [0, 0.05) is 19.5 Å². The highest BCUT2D eigenvalue weighted by Crippen LogP contribution is 2.38. The van der Waals surface area contributed by atoms with Gasteiger partial charge in [0.05, 0.1) is 44.1 Å². The summed E-state index contributed by atoms with van der Waals surface area (Å²) in [6.45, 7) is 4.13. The molecule has 1 N–H and O–H groups in total. The van der Waals surface area contributed by atoms with Crippen molar-refractivity contribution in [2.75, 3.05) is 39.6 Å². The summed E-state index contributed by atoms with van der Waals surface area (Å²) in [6, 6.07) is 3.93. The van der Waals surface area contributed by atoms with Crippen molar-refractivity contribution in [2.45, 2.75) is 19.0 Å². The van der Waals surface area contributed by atoms with Crippen LogP contribution < -0.4 is 9.47 Å². The second-order valence-corrected chi connectivity index (χ2v) is 5.74. The number of benzene rings is 1. The largest absolute Gasteiger partial charge is 0.489 e. The van der Waals surface area contributed by atoms with Crippen LogP contribution in [0.4, 0.5) is 0 Å². The van der Waals surface area contributed by atoms with Gasteiger partial charge in [-0.05, 0) is 17.7 Å². The van der Waals surface area contributed by atoms with Gasteiger partial charge in [-0.2, -0.15) is 0 Å². The first-order valence-corrected chi connectivity index (χ1v) is 7.66. The van der Waals surface area contributed by atoms with E-state index in [0.717, 1.165) is 18.5 Å². The molecule has 5 nitrogen and oxygen atoms in total. The van der Waals surface area contributed by atoms with Gasteiger partial charge < -0.3 is 19.3 Å². The van der Waals surface area contributed by atoms with Gasteiger partial charge in [0.1, 0.15) is 0 Å². The molecule has 1 unspecified atom stereocenters. The quantitative estimate of drug-likeness (QED) is 0.920. The molecule has 1 aromatic rings. The minimum absolute atomic E-state index is 0.0357. The highest BCUT2D eigenvalue weighted by Gasteiger charge is 2.23. The van der Waals surface area contributed by atoms with E-state index in [-0.39, 0.29) is 12.6 Å². The summed E-state index contributed by atoms with van der Waals surface area (Å²) in [5.41, 5.74) is 1.06. The summed E-state index contributed by atoms with van der Waals surface area (Å²) in [4.78, 5) is 2.21. The normalized spacial score (nSPS) is 22.9. The maximum atomic E-state index is 9.43. The van der Waals surface area contributed by atoms with Crippen molar-refractivity contribution in [3.8, 4) is 11.5 Å². The second-order valence-electron chi connectivity index (χ2n) is 5.34. The Bertz CT molecular complexity index is 497. The third-order valence-corrected chi connectivity index (χ3v) is 4.09. The van der Waals surface area contributed by atoms with Crippen LogP contribution in [0, 0.1) is 0 Å². The monoisotopic (exact) mass is 313 g/mol. The lowest BCUT2D eigenvalue weighted by Crippen LogP contribution is -2.46. The molecule has 0 amide bonds. The Kier molecular flexibility index (Phi) is 4.85. The fourth-order valence-electron chi connectivity index (χ4n) is 2.68. The van der Waals surface area contributed by atoms with Crippen LogP contribution in [0.2, 0.25) is 5.02 Å². The zero-order valence-electron chi connectivity index (χ0n) is 11.9. The molecule has 6 heteroatoms. The number of hydrogen-bond acceptors (Lipinski definition) is 5. The van der Waals surface area contributed by atoms with E-state index in [1.165, 1.54) is 0 Å². The summed E-state index contributed by atoms with van der Waals surface area (Å²) in [7, 11) is 0. The van der Waals surface area contributed by atoms with Crippen LogP contribution in [-0.4, -0.2) is 55.6 Å². The van der Waals surface area contributed by atoms with Gasteiger partial charge in [-0.1, -0.05) is 11.6 Å². The zero-order chi connectivity index (χ0) is 14.7. The maximum absolute atomic E-state index is 9.43. The van der Waals surface area contributed by atoms with Crippen LogP contribution in [0.5, 0.6) is 11.5 Å². The molecule has 2 aliphatic heterocycles. The van der Waals surface area contributed by atoms with Crippen molar-refractivity contribution in [1.29, 1.82) is 0 Å². The fourth-order valence-corrected chi connectivity index (χ4v) is 2.96. The Morgan fingerprint density at radius 3 is 2.95 bits per heavy atom. The van der Waals surface area contributed by atoms with Crippen LogP contribution in [-0.2, 0) is 11.3 Å². The highest BCUT2D eigenvalue weighted by molar-refractivity contribution is 6.32. The van der Waals surface area contributed by atoms with E-state index < -0.39 is 0 Å². The Hall–Kier alpha value is -1.01. The molecule has 1 fully saturated rings. The predicted molar refractivity (Wildman–Crippen MR) is 79.2 cm³/mol. The molecule has 1 saturated heterocycles. The molecule has 0 aromatic heterocycles. The topological polar surface area (TPSA) is 51.2 Å². The van der Waals surface area contributed by atoms with Crippen LogP contribution in [0.15, 0.2) is 12.1 Å². The van der Waals surface area contributed by atoms with Gasteiger partial charge in [-0.25, -0.2) is 0 Å². The number of ether oxygens (including phenoxy) is 3. The number of aliphatic hydroxyl groups excluding tert-OH is 1. The molecule has 116 valence electrons. The van der Waals surface area contributed by atoms with Gasteiger partial charge in [-0.3, -0.25) is 4.90 Å². The van der Waals surface area contributed by atoms with Gasteiger partial charge in [0.25, 0.3) is 0 Å². The van der Waals surface area contributed by atoms with Crippen LogP contribution >= 0.6 is 11.6 Å². The first-order valence-electron chi connectivity index (χ1n) is 7.28. The van der Waals surface area contributed by atoms with Crippen molar-refractivity contribution in [3.05, 3.63) is 22.7 Å². The van der Waals surface area contributed by atoms with Gasteiger partial charge >= 0.3 is 0 Å². The SMILES string of the molecule is OCC1COCCN1Cc1cc(Cl)c2c(c1)OCCCO2. The lowest BCUT2D eigenvalue weighted by atomic mass is 10.1. The summed E-state index contributed by atoms with van der Waals surface area (Å²) in [5.74, 6) is 1.35. The summed E-state index contributed by atoms with van der Waals surface area (Å²) >= 11 is 6.31. The standard InChI is InChI=1S/C15H20ClNO4/c16-13-6-11(7-14-15(13)21-4-1-3-20-14)8-17-2-5-19-10-12(17)9-18/h6-7,12,18H,1-5,8-10H2. The van der Waals surface area contributed by atoms with E-state index in [2.05, 4.69) is 4.90 Å². The summed E-state index contributed by atoms with van der Waals surface area (Å²) < 4.78 is 16.7. The van der Waals surface area contributed by atoms with Crippen molar-refractivity contribution >= 4 is 11.6 Å². The third kappa shape index (κ3) is 3.43. The number of nitrogens with zero attached hydrogens (tertiary/aromatic N) is 1. The average Bonchev–Trinajstić information content (AvgIpc) is 2.73. The zero-order valence-corrected chi connectivity index (χ0v) is 12.6. The van der Waals surface area contributed by atoms with Crippen LogP contribution in [0.1, 0.15) is 12.0 Å². The number of morpholine rings is 1. The van der Waals surface area contributed by atoms with E-state index in [9.17, 15) is 5.11 Å². The number of hydrogen-bond donors (Lipinski definition) is 1. The molecule has 0 aliphatic carbocycles. The Morgan fingerprint density at radius 1 is 1.24 bits per heavy atom. The fraction of sp³-hybridized carbons (Fsp3) is 0.600. The number of rotatable bonds is 3. The lowest BCUT2D eigenvalue weighted by Gasteiger charge is -2.34. The summed E-state index contributed by atoms with van der Waals surface area (Å²) in [5, 5.41) is 10.0. The molecule has 1 atom stereocenters. The molecular formula is C15H20ClNO4. The third-order valence-electron chi connectivity index (χ3n) is 3.81. The van der Waals surface area contributed by atoms with E-state index in [0.29, 0.717) is 49.5 Å². The molecule has 0 bridgehead atoms. The minimum Gasteiger partial charge on any atom is -0.489 e. The number of aliphatic hydroxyl groups is 1. The lowest BCUT2D eigenvalue weighted by molar-refractivity contribution is -0.0312. The maximum Gasteiger partial charge on any atom is 0.179 e. The van der Waals surface area contributed by atoms with Crippen molar-refractivity contribution < 1.29 is 19.3 Å².